The molecule has 4 nitrogen and oxygen atoms in total. The van der Waals surface area contributed by atoms with Crippen LogP contribution in [0.1, 0.15) is 6.42 Å². The standard InChI is InChI=1S/C8H10O4/c1-2-5-3-6(5)8(11)12-4-7(9)10/h2,5-6H,1,3-4H2,(H,9,10). The molecule has 1 aliphatic rings. The van der Waals surface area contributed by atoms with E-state index in [-0.39, 0.29) is 11.8 Å². The third kappa shape index (κ3) is 2.08. The van der Waals surface area contributed by atoms with E-state index < -0.39 is 18.5 Å². The largest absolute Gasteiger partial charge is 0.479 e. The molecule has 2 atom stereocenters. The molecule has 12 heavy (non-hydrogen) atoms. The molecule has 0 aromatic heterocycles. The van der Waals surface area contributed by atoms with Gasteiger partial charge in [0.15, 0.2) is 6.61 Å². The lowest BCUT2D eigenvalue weighted by atomic mass is 10.3. The molecule has 1 aliphatic carbocycles. The minimum absolute atomic E-state index is 0.151. The van der Waals surface area contributed by atoms with Crippen LogP contribution in [0.2, 0.25) is 0 Å². The third-order valence-corrected chi connectivity index (χ3v) is 1.78. The summed E-state index contributed by atoms with van der Waals surface area (Å²) >= 11 is 0. The molecule has 0 radical (unpaired) electrons. The van der Waals surface area contributed by atoms with Gasteiger partial charge >= 0.3 is 11.9 Å². The molecular formula is C8H10O4. The first kappa shape index (κ1) is 8.77. The van der Waals surface area contributed by atoms with Crippen LogP contribution in [-0.4, -0.2) is 23.7 Å². The lowest BCUT2D eigenvalue weighted by Gasteiger charge is -1.98. The van der Waals surface area contributed by atoms with Gasteiger partial charge in [-0.3, -0.25) is 4.79 Å². The summed E-state index contributed by atoms with van der Waals surface area (Å²) in [7, 11) is 0. The van der Waals surface area contributed by atoms with Gasteiger partial charge in [-0.15, -0.1) is 6.58 Å². The Morgan fingerprint density at radius 1 is 1.67 bits per heavy atom. The quantitative estimate of drug-likeness (QED) is 0.491. The van der Waals surface area contributed by atoms with Crippen molar-refractivity contribution in [2.45, 2.75) is 6.42 Å². The van der Waals surface area contributed by atoms with Crippen LogP contribution < -0.4 is 0 Å². The van der Waals surface area contributed by atoms with Gasteiger partial charge < -0.3 is 9.84 Å². The monoisotopic (exact) mass is 170 g/mol. The van der Waals surface area contributed by atoms with E-state index in [1.807, 2.05) is 0 Å². The maximum absolute atomic E-state index is 10.9. The normalized spacial score (nSPS) is 26.0. The van der Waals surface area contributed by atoms with E-state index in [2.05, 4.69) is 11.3 Å². The van der Waals surface area contributed by atoms with Crippen molar-refractivity contribution in [3.63, 3.8) is 0 Å². The zero-order valence-electron chi connectivity index (χ0n) is 6.53. The number of allylic oxidation sites excluding steroid dienone is 1. The Balaban J connectivity index is 2.22. The first-order valence-corrected chi connectivity index (χ1v) is 3.66. The van der Waals surface area contributed by atoms with Crippen molar-refractivity contribution in [2.75, 3.05) is 6.61 Å². The molecular weight excluding hydrogens is 160 g/mol. The maximum atomic E-state index is 10.9. The number of carbonyl (C=O) groups is 2. The van der Waals surface area contributed by atoms with Crippen molar-refractivity contribution in [3.8, 4) is 0 Å². The summed E-state index contributed by atoms with van der Waals surface area (Å²) in [5.41, 5.74) is 0. The summed E-state index contributed by atoms with van der Waals surface area (Å²) in [6, 6.07) is 0. The van der Waals surface area contributed by atoms with E-state index in [4.69, 9.17) is 5.11 Å². The molecule has 4 heteroatoms. The predicted octanol–water partition coefficient (Wildman–Crippen LogP) is 0.436. The van der Waals surface area contributed by atoms with Gasteiger partial charge in [0, 0.05) is 0 Å². The number of rotatable bonds is 4. The number of hydrogen-bond donors (Lipinski definition) is 1. The highest BCUT2D eigenvalue weighted by Gasteiger charge is 2.42. The van der Waals surface area contributed by atoms with Gasteiger partial charge in [-0.1, -0.05) is 6.08 Å². The minimum Gasteiger partial charge on any atom is -0.479 e. The average Bonchev–Trinajstić information content (AvgIpc) is 2.78. The number of aliphatic carboxylic acids is 1. The Kier molecular flexibility index (Phi) is 2.47. The van der Waals surface area contributed by atoms with Gasteiger partial charge in [-0.25, -0.2) is 4.79 Å². The SMILES string of the molecule is C=CC1CC1C(=O)OCC(=O)O. The third-order valence-electron chi connectivity index (χ3n) is 1.78. The van der Waals surface area contributed by atoms with Crippen LogP contribution in [0.3, 0.4) is 0 Å². The number of hydrogen-bond acceptors (Lipinski definition) is 3. The number of ether oxygens (including phenoxy) is 1. The molecule has 0 heterocycles. The van der Waals surface area contributed by atoms with Gasteiger partial charge in [0.25, 0.3) is 0 Å². The molecule has 0 aromatic rings. The molecule has 66 valence electrons. The first-order chi connectivity index (χ1) is 5.65. The van der Waals surface area contributed by atoms with Crippen molar-refractivity contribution < 1.29 is 19.4 Å². The summed E-state index contributed by atoms with van der Waals surface area (Å²) in [5.74, 6) is -1.52. The Hall–Kier alpha value is -1.32. The van der Waals surface area contributed by atoms with Crippen molar-refractivity contribution >= 4 is 11.9 Å². The molecule has 1 N–H and O–H groups in total. The highest BCUT2D eigenvalue weighted by Crippen LogP contribution is 2.39. The molecule has 0 spiro atoms. The summed E-state index contributed by atoms with van der Waals surface area (Å²) in [6.07, 6.45) is 2.43. The molecule has 1 fully saturated rings. The van der Waals surface area contributed by atoms with Gasteiger partial charge in [0.1, 0.15) is 0 Å². The number of carboxylic acids is 1. The number of carboxylic acid groups (broad SMARTS) is 1. The second-order valence-electron chi connectivity index (χ2n) is 2.74. The van der Waals surface area contributed by atoms with Crippen LogP contribution in [-0.2, 0) is 14.3 Å². The second-order valence-corrected chi connectivity index (χ2v) is 2.74. The van der Waals surface area contributed by atoms with E-state index in [9.17, 15) is 9.59 Å². The fraction of sp³-hybridized carbons (Fsp3) is 0.500. The fourth-order valence-corrected chi connectivity index (χ4v) is 0.986. The van der Waals surface area contributed by atoms with Crippen molar-refractivity contribution in [3.05, 3.63) is 12.7 Å². The van der Waals surface area contributed by atoms with Crippen LogP contribution in [0.4, 0.5) is 0 Å². The summed E-state index contributed by atoms with van der Waals surface area (Å²) in [6.45, 7) is 2.98. The number of carbonyl (C=O) groups excluding carboxylic acids is 1. The predicted molar refractivity (Wildman–Crippen MR) is 40.4 cm³/mol. The van der Waals surface area contributed by atoms with Crippen LogP contribution in [0.5, 0.6) is 0 Å². The molecule has 0 aliphatic heterocycles. The van der Waals surface area contributed by atoms with Gasteiger partial charge in [0.05, 0.1) is 5.92 Å². The maximum Gasteiger partial charge on any atom is 0.341 e. The van der Waals surface area contributed by atoms with E-state index in [0.717, 1.165) is 6.42 Å². The molecule has 1 saturated carbocycles. The van der Waals surface area contributed by atoms with E-state index in [1.54, 1.807) is 6.08 Å². The second kappa shape index (κ2) is 3.38. The van der Waals surface area contributed by atoms with Crippen LogP contribution in [0.25, 0.3) is 0 Å². The zero-order valence-corrected chi connectivity index (χ0v) is 6.53. The lowest BCUT2D eigenvalue weighted by molar-refractivity contribution is -0.156. The van der Waals surface area contributed by atoms with Crippen LogP contribution in [0, 0.1) is 11.8 Å². The fourth-order valence-electron chi connectivity index (χ4n) is 0.986. The van der Waals surface area contributed by atoms with Gasteiger partial charge in [0.2, 0.25) is 0 Å². The average molecular weight is 170 g/mol. The van der Waals surface area contributed by atoms with Gasteiger partial charge in [-0.2, -0.15) is 0 Å². The van der Waals surface area contributed by atoms with Gasteiger partial charge in [-0.05, 0) is 12.3 Å². The topological polar surface area (TPSA) is 63.6 Å². The Labute approximate surface area is 69.8 Å². The lowest BCUT2D eigenvalue weighted by Crippen LogP contribution is -2.14. The molecule has 0 aromatic carbocycles. The first-order valence-electron chi connectivity index (χ1n) is 3.66. The van der Waals surface area contributed by atoms with Crippen molar-refractivity contribution in [2.24, 2.45) is 11.8 Å². The minimum atomic E-state index is -1.13. The Morgan fingerprint density at radius 3 is 2.75 bits per heavy atom. The highest BCUT2D eigenvalue weighted by atomic mass is 16.5. The summed E-state index contributed by atoms with van der Waals surface area (Å²) in [4.78, 5) is 20.9. The number of esters is 1. The molecule has 0 saturated heterocycles. The molecule has 0 bridgehead atoms. The Morgan fingerprint density at radius 2 is 2.33 bits per heavy atom. The molecule has 1 rings (SSSR count). The van der Waals surface area contributed by atoms with Crippen molar-refractivity contribution in [1.82, 2.24) is 0 Å². The summed E-state index contributed by atoms with van der Waals surface area (Å²) in [5, 5.41) is 8.19. The zero-order chi connectivity index (χ0) is 9.14. The smallest absolute Gasteiger partial charge is 0.341 e. The molecule has 2 unspecified atom stereocenters. The van der Waals surface area contributed by atoms with Crippen LogP contribution >= 0.6 is 0 Å². The Bertz CT molecular complexity index is 221. The van der Waals surface area contributed by atoms with E-state index in [0.29, 0.717) is 0 Å². The molecule has 0 amide bonds. The van der Waals surface area contributed by atoms with Crippen molar-refractivity contribution in [1.29, 1.82) is 0 Å². The van der Waals surface area contributed by atoms with E-state index in [1.165, 1.54) is 0 Å². The van der Waals surface area contributed by atoms with Crippen LogP contribution in [0.15, 0.2) is 12.7 Å². The highest BCUT2D eigenvalue weighted by molar-refractivity contribution is 5.79. The van der Waals surface area contributed by atoms with E-state index >= 15 is 0 Å². The summed E-state index contributed by atoms with van der Waals surface area (Å²) < 4.78 is 4.47.